The maximum atomic E-state index is 11.8. The van der Waals surface area contributed by atoms with Gasteiger partial charge < -0.3 is 10.1 Å². The van der Waals surface area contributed by atoms with Crippen molar-refractivity contribution in [3.05, 3.63) is 29.0 Å². The fraction of sp³-hybridized carbons (Fsp3) is 0.500. The van der Waals surface area contributed by atoms with E-state index in [2.05, 4.69) is 15.2 Å². The van der Waals surface area contributed by atoms with Gasteiger partial charge in [-0.05, 0) is 12.1 Å². The van der Waals surface area contributed by atoms with Gasteiger partial charge in [0.1, 0.15) is 10.8 Å². The topological polar surface area (TPSA) is 54.5 Å². The Morgan fingerprint density at radius 3 is 2.94 bits per heavy atom. The molecule has 1 aromatic rings. The van der Waals surface area contributed by atoms with Crippen molar-refractivity contribution in [3.63, 3.8) is 0 Å². The van der Waals surface area contributed by atoms with E-state index in [0.29, 0.717) is 17.4 Å². The van der Waals surface area contributed by atoms with Crippen LogP contribution in [-0.4, -0.2) is 55.2 Å². The van der Waals surface area contributed by atoms with Crippen LogP contribution in [0.5, 0.6) is 0 Å². The molecule has 0 aromatic carbocycles. The van der Waals surface area contributed by atoms with Gasteiger partial charge in [0.25, 0.3) is 5.91 Å². The first-order valence-electron chi connectivity index (χ1n) is 5.96. The van der Waals surface area contributed by atoms with Gasteiger partial charge in [-0.2, -0.15) is 0 Å². The van der Waals surface area contributed by atoms with Gasteiger partial charge in [0, 0.05) is 26.2 Å². The molecule has 1 aliphatic heterocycles. The lowest BCUT2D eigenvalue weighted by atomic mass is 10.3. The van der Waals surface area contributed by atoms with Crippen LogP contribution in [0.1, 0.15) is 10.5 Å². The van der Waals surface area contributed by atoms with Crippen molar-refractivity contribution in [3.8, 4) is 0 Å². The molecular formula is C12H16ClN3O2. The van der Waals surface area contributed by atoms with Crippen molar-refractivity contribution in [1.29, 1.82) is 0 Å². The number of carbonyl (C=O) groups excluding carboxylic acids is 1. The Balaban J connectivity index is 1.74. The van der Waals surface area contributed by atoms with Crippen LogP contribution in [0.3, 0.4) is 0 Å². The van der Waals surface area contributed by atoms with E-state index < -0.39 is 0 Å². The Bertz CT molecular complexity index is 408. The molecule has 1 fully saturated rings. The maximum Gasteiger partial charge on any atom is 0.269 e. The summed E-state index contributed by atoms with van der Waals surface area (Å²) in [6.45, 7) is 4.81. The van der Waals surface area contributed by atoms with E-state index in [1.807, 2.05) is 0 Å². The van der Waals surface area contributed by atoms with E-state index in [4.69, 9.17) is 16.3 Å². The van der Waals surface area contributed by atoms with E-state index in [1.165, 1.54) is 0 Å². The zero-order chi connectivity index (χ0) is 12.8. The number of morpholine rings is 1. The predicted octanol–water partition coefficient (Wildman–Crippen LogP) is 0.797. The van der Waals surface area contributed by atoms with Crippen LogP contribution in [0, 0.1) is 0 Å². The zero-order valence-corrected chi connectivity index (χ0v) is 10.8. The van der Waals surface area contributed by atoms with Gasteiger partial charge in [0.15, 0.2) is 0 Å². The number of amides is 1. The van der Waals surface area contributed by atoms with Crippen molar-refractivity contribution >= 4 is 17.5 Å². The normalized spacial score (nSPS) is 16.5. The van der Waals surface area contributed by atoms with Crippen LogP contribution in [0.25, 0.3) is 0 Å². The summed E-state index contributed by atoms with van der Waals surface area (Å²) in [6.07, 6.45) is 0. The molecule has 6 heteroatoms. The Morgan fingerprint density at radius 2 is 2.22 bits per heavy atom. The first-order valence-corrected chi connectivity index (χ1v) is 6.34. The fourth-order valence-corrected chi connectivity index (χ4v) is 1.94. The molecular weight excluding hydrogens is 254 g/mol. The highest BCUT2D eigenvalue weighted by Crippen LogP contribution is 2.04. The molecule has 0 atom stereocenters. The summed E-state index contributed by atoms with van der Waals surface area (Å²) in [4.78, 5) is 18.0. The van der Waals surface area contributed by atoms with E-state index in [-0.39, 0.29) is 5.91 Å². The van der Waals surface area contributed by atoms with Crippen molar-refractivity contribution in [2.75, 3.05) is 39.4 Å². The predicted molar refractivity (Wildman–Crippen MR) is 68.8 cm³/mol. The van der Waals surface area contributed by atoms with Crippen LogP contribution in [0.4, 0.5) is 0 Å². The van der Waals surface area contributed by atoms with Crippen molar-refractivity contribution in [1.82, 2.24) is 15.2 Å². The van der Waals surface area contributed by atoms with E-state index in [0.717, 1.165) is 32.8 Å². The fourth-order valence-electron chi connectivity index (χ4n) is 1.78. The number of hydrogen-bond acceptors (Lipinski definition) is 4. The molecule has 0 radical (unpaired) electrons. The lowest BCUT2D eigenvalue weighted by Gasteiger charge is -2.26. The lowest BCUT2D eigenvalue weighted by Crippen LogP contribution is -2.41. The van der Waals surface area contributed by atoms with E-state index in [1.54, 1.807) is 18.2 Å². The second-order valence-electron chi connectivity index (χ2n) is 4.06. The zero-order valence-electron chi connectivity index (χ0n) is 10.1. The lowest BCUT2D eigenvalue weighted by molar-refractivity contribution is 0.0383. The van der Waals surface area contributed by atoms with Gasteiger partial charge in [0.05, 0.1) is 13.2 Å². The summed E-state index contributed by atoms with van der Waals surface area (Å²) >= 11 is 5.73. The van der Waals surface area contributed by atoms with Crippen molar-refractivity contribution < 1.29 is 9.53 Å². The highest BCUT2D eigenvalue weighted by molar-refractivity contribution is 6.29. The highest BCUT2D eigenvalue weighted by Gasteiger charge is 2.11. The molecule has 98 valence electrons. The average Bonchev–Trinajstić information content (AvgIpc) is 2.40. The number of pyridine rings is 1. The third kappa shape index (κ3) is 3.94. The number of carbonyl (C=O) groups is 1. The second kappa shape index (κ2) is 6.68. The first kappa shape index (κ1) is 13.3. The van der Waals surface area contributed by atoms with Crippen LogP contribution in [-0.2, 0) is 4.74 Å². The summed E-state index contributed by atoms with van der Waals surface area (Å²) in [6, 6.07) is 5.01. The summed E-state index contributed by atoms with van der Waals surface area (Å²) in [5.74, 6) is -0.189. The van der Waals surface area contributed by atoms with Crippen LogP contribution >= 0.6 is 11.6 Å². The first-order chi connectivity index (χ1) is 8.75. The molecule has 1 aromatic heterocycles. The van der Waals surface area contributed by atoms with E-state index >= 15 is 0 Å². The van der Waals surface area contributed by atoms with Crippen LogP contribution in [0.15, 0.2) is 18.2 Å². The summed E-state index contributed by atoms with van der Waals surface area (Å²) < 4.78 is 5.26. The number of hydrogen-bond donors (Lipinski definition) is 1. The SMILES string of the molecule is O=C(NCCN1CCOCC1)c1cccc(Cl)n1. The Labute approximate surface area is 111 Å². The van der Waals surface area contributed by atoms with Gasteiger partial charge in [-0.3, -0.25) is 9.69 Å². The number of halogens is 1. The smallest absolute Gasteiger partial charge is 0.269 e. The molecule has 5 nitrogen and oxygen atoms in total. The van der Waals surface area contributed by atoms with Gasteiger partial charge in [-0.15, -0.1) is 0 Å². The minimum Gasteiger partial charge on any atom is -0.379 e. The second-order valence-corrected chi connectivity index (χ2v) is 4.44. The van der Waals surface area contributed by atoms with Gasteiger partial charge in [-0.25, -0.2) is 4.98 Å². The largest absolute Gasteiger partial charge is 0.379 e. The Kier molecular flexibility index (Phi) is 4.92. The average molecular weight is 270 g/mol. The highest BCUT2D eigenvalue weighted by atomic mass is 35.5. The minimum absolute atomic E-state index is 0.189. The molecule has 1 N–H and O–H groups in total. The van der Waals surface area contributed by atoms with Gasteiger partial charge in [-0.1, -0.05) is 17.7 Å². The number of nitrogens with one attached hydrogen (secondary N) is 1. The Morgan fingerprint density at radius 1 is 1.44 bits per heavy atom. The molecule has 1 amide bonds. The third-order valence-electron chi connectivity index (χ3n) is 2.77. The standard InChI is InChI=1S/C12H16ClN3O2/c13-11-3-1-2-10(15-11)12(17)14-4-5-16-6-8-18-9-7-16/h1-3H,4-9H2,(H,14,17). The molecule has 18 heavy (non-hydrogen) atoms. The van der Waals surface area contributed by atoms with Crippen LogP contribution < -0.4 is 5.32 Å². The monoisotopic (exact) mass is 269 g/mol. The third-order valence-corrected chi connectivity index (χ3v) is 2.98. The molecule has 0 spiro atoms. The molecule has 0 aliphatic carbocycles. The quantitative estimate of drug-likeness (QED) is 0.822. The number of ether oxygens (including phenoxy) is 1. The molecule has 2 rings (SSSR count). The summed E-state index contributed by atoms with van der Waals surface area (Å²) in [5, 5.41) is 3.16. The molecule has 0 bridgehead atoms. The molecule has 0 saturated carbocycles. The molecule has 0 unspecified atom stereocenters. The van der Waals surface area contributed by atoms with Crippen LogP contribution in [0.2, 0.25) is 5.15 Å². The Hall–Kier alpha value is -1.17. The maximum absolute atomic E-state index is 11.8. The van der Waals surface area contributed by atoms with Gasteiger partial charge in [0.2, 0.25) is 0 Å². The molecule has 1 aliphatic rings. The summed E-state index contributed by atoms with van der Waals surface area (Å²) in [7, 11) is 0. The number of nitrogens with zero attached hydrogens (tertiary/aromatic N) is 2. The van der Waals surface area contributed by atoms with Gasteiger partial charge >= 0.3 is 0 Å². The molecule has 2 heterocycles. The van der Waals surface area contributed by atoms with Crippen molar-refractivity contribution in [2.45, 2.75) is 0 Å². The number of aromatic nitrogens is 1. The number of rotatable bonds is 4. The van der Waals surface area contributed by atoms with Crippen molar-refractivity contribution in [2.24, 2.45) is 0 Å². The molecule has 1 saturated heterocycles. The summed E-state index contributed by atoms with van der Waals surface area (Å²) in [5.41, 5.74) is 0.351. The minimum atomic E-state index is -0.189. The van der Waals surface area contributed by atoms with E-state index in [9.17, 15) is 4.79 Å².